The highest BCUT2D eigenvalue weighted by atomic mass is 35.5. The van der Waals surface area contributed by atoms with Crippen LogP contribution in [0.2, 0.25) is 10.0 Å². The van der Waals surface area contributed by atoms with E-state index in [4.69, 9.17) is 32.9 Å². The van der Waals surface area contributed by atoms with Crippen LogP contribution < -0.4 is 21.1 Å². The smallest absolute Gasteiger partial charge is 0.226 e. The standard InChI is InChI=1S/C27H34Cl2N6O2/c1-16(24-20(28)14-30-15-21(24)29)37-18-3-4-22-19(12-18)25(34-33-22)17-2-5-23(32-13-17)35-10-7-27(8-11-35)6-9-31-26(27)36/h2,5,13-16,18-19,22,25,33-34H,3-4,6-12H2,1H3,(H,31,36)/t16-,18?,19?,22?,25?/m1/s1. The van der Waals surface area contributed by atoms with E-state index in [9.17, 15) is 4.79 Å². The maximum atomic E-state index is 12.3. The zero-order valence-electron chi connectivity index (χ0n) is 21.1. The number of amides is 1. The highest BCUT2D eigenvalue weighted by Crippen LogP contribution is 2.42. The molecule has 198 valence electrons. The van der Waals surface area contributed by atoms with Crippen molar-refractivity contribution in [3.05, 3.63) is 51.9 Å². The van der Waals surface area contributed by atoms with Crippen molar-refractivity contribution in [1.82, 2.24) is 26.1 Å². The number of ether oxygens (including phenoxy) is 1. The molecular formula is C27H34Cl2N6O2. The lowest BCUT2D eigenvalue weighted by atomic mass is 9.77. The summed E-state index contributed by atoms with van der Waals surface area (Å²) in [5.74, 6) is 1.63. The number of hydrazine groups is 1. The maximum Gasteiger partial charge on any atom is 0.226 e. The van der Waals surface area contributed by atoms with Gasteiger partial charge in [-0.2, -0.15) is 0 Å². The van der Waals surface area contributed by atoms with Crippen LogP contribution in [0.25, 0.3) is 0 Å². The van der Waals surface area contributed by atoms with Crippen molar-refractivity contribution in [2.45, 2.75) is 69.7 Å². The van der Waals surface area contributed by atoms with Crippen molar-refractivity contribution in [2.75, 3.05) is 24.5 Å². The Kier molecular flexibility index (Phi) is 7.05. The van der Waals surface area contributed by atoms with Gasteiger partial charge in [0.15, 0.2) is 0 Å². The SMILES string of the molecule is C[C@@H](OC1CCC2NNC(c3ccc(N4CCC5(CCNC5=O)CC4)nc3)C2C1)c1c(Cl)cncc1Cl. The van der Waals surface area contributed by atoms with Crippen LogP contribution in [-0.4, -0.2) is 47.7 Å². The van der Waals surface area contributed by atoms with Crippen LogP contribution in [0.3, 0.4) is 0 Å². The number of nitrogens with zero attached hydrogens (tertiary/aromatic N) is 3. The molecule has 3 aliphatic heterocycles. The second-order valence-corrected chi connectivity index (χ2v) is 11.8. The van der Waals surface area contributed by atoms with E-state index in [1.807, 2.05) is 13.1 Å². The normalized spacial score (nSPS) is 29.8. The third-order valence-corrected chi connectivity index (χ3v) is 9.54. The Morgan fingerprint density at radius 1 is 1.08 bits per heavy atom. The predicted molar refractivity (Wildman–Crippen MR) is 143 cm³/mol. The van der Waals surface area contributed by atoms with Gasteiger partial charge in [0.05, 0.1) is 33.7 Å². The van der Waals surface area contributed by atoms with Gasteiger partial charge < -0.3 is 15.0 Å². The first-order valence-corrected chi connectivity index (χ1v) is 14.1. The van der Waals surface area contributed by atoms with Gasteiger partial charge in [-0.3, -0.25) is 15.2 Å². The molecule has 8 nitrogen and oxygen atoms in total. The van der Waals surface area contributed by atoms with Crippen molar-refractivity contribution >= 4 is 34.9 Å². The first-order valence-electron chi connectivity index (χ1n) is 13.4. The lowest BCUT2D eigenvalue weighted by Gasteiger charge is -2.38. The first kappa shape index (κ1) is 25.3. The topological polar surface area (TPSA) is 91.4 Å². The summed E-state index contributed by atoms with van der Waals surface area (Å²) in [5, 5.41) is 4.09. The average molecular weight is 546 g/mol. The van der Waals surface area contributed by atoms with E-state index >= 15 is 0 Å². The fourth-order valence-corrected chi connectivity index (χ4v) is 7.43. The van der Waals surface area contributed by atoms with Crippen LogP contribution >= 0.6 is 23.2 Å². The Morgan fingerprint density at radius 2 is 1.86 bits per heavy atom. The lowest BCUT2D eigenvalue weighted by Crippen LogP contribution is -2.44. The molecule has 5 atom stereocenters. The highest BCUT2D eigenvalue weighted by Gasteiger charge is 2.45. The summed E-state index contributed by atoms with van der Waals surface area (Å²) in [4.78, 5) is 23.5. The second-order valence-electron chi connectivity index (χ2n) is 11.0. The Labute approximate surface area is 227 Å². The number of carbonyl (C=O) groups is 1. The summed E-state index contributed by atoms with van der Waals surface area (Å²) >= 11 is 12.7. The molecule has 2 aromatic heterocycles. The van der Waals surface area contributed by atoms with Crippen molar-refractivity contribution in [2.24, 2.45) is 11.3 Å². The number of halogens is 2. The number of pyridine rings is 2. The Bertz CT molecular complexity index is 1120. The zero-order chi connectivity index (χ0) is 25.6. The van der Waals surface area contributed by atoms with Gasteiger partial charge in [-0.25, -0.2) is 10.4 Å². The highest BCUT2D eigenvalue weighted by molar-refractivity contribution is 6.35. The minimum Gasteiger partial charge on any atom is -0.370 e. The molecule has 4 unspecified atom stereocenters. The van der Waals surface area contributed by atoms with Crippen LogP contribution in [0.1, 0.15) is 68.7 Å². The Morgan fingerprint density at radius 3 is 2.54 bits per heavy atom. The molecule has 3 saturated heterocycles. The minimum atomic E-state index is -0.203. The van der Waals surface area contributed by atoms with E-state index in [0.717, 1.165) is 69.5 Å². The number of aromatic nitrogens is 2. The van der Waals surface area contributed by atoms with Crippen LogP contribution in [0.5, 0.6) is 0 Å². The van der Waals surface area contributed by atoms with Gasteiger partial charge in [-0.1, -0.05) is 29.3 Å². The van der Waals surface area contributed by atoms with E-state index < -0.39 is 0 Å². The molecule has 2 aromatic rings. The van der Waals surface area contributed by atoms with E-state index in [0.29, 0.717) is 22.0 Å². The second kappa shape index (κ2) is 10.3. The van der Waals surface area contributed by atoms with E-state index in [1.54, 1.807) is 12.4 Å². The maximum absolute atomic E-state index is 12.3. The summed E-state index contributed by atoms with van der Waals surface area (Å²) in [5.41, 5.74) is 8.86. The van der Waals surface area contributed by atoms with Crippen molar-refractivity contribution in [3.8, 4) is 0 Å². The summed E-state index contributed by atoms with van der Waals surface area (Å²) < 4.78 is 6.47. The third kappa shape index (κ3) is 4.83. The molecule has 3 N–H and O–H groups in total. The van der Waals surface area contributed by atoms with E-state index in [-0.39, 0.29) is 29.6 Å². The van der Waals surface area contributed by atoms with Gasteiger partial charge in [0.25, 0.3) is 0 Å². The summed E-state index contributed by atoms with van der Waals surface area (Å²) in [7, 11) is 0. The summed E-state index contributed by atoms with van der Waals surface area (Å²) in [6, 6.07) is 4.90. The molecule has 1 aliphatic carbocycles. The number of nitrogens with one attached hydrogen (secondary N) is 3. The number of piperidine rings is 1. The zero-order valence-corrected chi connectivity index (χ0v) is 22.6. The fraction of sp³-hybridized carbons (Fsp3) is 0.593. The van der Waals surface area contributed by atoms with E-state index in [2.05, 4.69) is 38.2 Å². The molecule has 1 spiro atoms. The minimum absolute atomic E-state index is 0.126. The molecule has 0 radical (unpaired) electrons. The van der Waals surface area contributed by atoms with Crippen molar-refractivity contribution in [1.29, 1.82) is 0 Å². The number of rotatable bonds is 5. The Hall–Kier alpha value is -1.97. The molecule has 5 heterocycles. The van der Waals surface area contributed by atoms with Crippen LogP contribution in [0.4, 0.5) is 5.82 Å². The molecular weight excluding hydrogens is 511 g/mol. The van der Waals surface area contributed by atoms with Crippen LogP contribution in [0, 0.1) is 11.3 Å². The Balaban J connectivity index is 1.09. The summed E-state index contributed by atoms with van der Waals surface area (Å²) in [6.45, 7) is 4.56. The molecule has 1 amide bonds. The van der Waals surface area contributed by atoms with Crippen molar-refractivity contribution < 1.29 is 9.53 Å². The van der Waals surface area contributed by atoms with Gasteiger partial charge >= 0.3 is 0 Å². The number of carbonyl (C=O) groups excluding carboxylic acids is 1. The lowest BCUT2D eigenvalue weighted by molar-refractivity contribution is -0.128. The molecule has 6 rings (SSSR count). The third-order valence-electron chi connectivity index (χ3n) is 8.94. The summed E-state index contributed by atoms with van der Waals surface area (Å²) in [6.07, 6.45) is 10.9. The van der Waals surface area contributed by atoms with Crippen LogP contribution in [-0.2, 0) is 9.53 Å². The number of hydrogen-bond donors (Lipinski definition) is 3. The van der Waals surface area contributed by atoms with E-state index in [1.165, 1.54) is 5.56 Å². The molecule has 37 heavy (non-hydrogen) atoms. The van der Waals surface area contributed by atoms with Crippen LogP contribution in [0.15, 0.2) is 30.7 Å². The molecule has 0 bridgehead atoms. The monoisotopic (exact) mass is 544 g/mol. The van der Waals surface area contributed by atoms with Gasteiger partial charge in [-0.05, 0) is 63.0 Å². The predicted octanol–water partition coefficient (Wildman–Crippen LogP) is 4.35. The van der Waals surface area contributed by atoms with Gasteiger partial charge in [0.2, 0.25) is 5.91 Å². The number of anilines is 1. The van der Waals surface area contributed by atoms with Crippen molar-refractivity contribution in [3.63, 3.8) is 0 Å². The van der Waals surface area contributed by atoms with Gasteiger partial charge in [0.1, 0.15) is 5.82 Å². The number of hydrogen-bond acceptors (Lipinski definition) is 7. The largest absolute Gasteiger partial charge is 0.370 e. The number of fused-ring (bicyclic) bond motifs is 1. The molecule has 4 aliphatic rings. The first-order chi connectivity index (χ1) is 17.9. The van der Waals surface area contributed by atoms with Gasteiger partial charge in [0, 0.05) is 49.8 Å². The fourth-order valence-electron chi connectivity index (χ4n) is 6.76. The van der Waals surface area contributed by atoms with Gasteiger partial charge in [-0.15, -0.1) is 0 Å². The molecule has 10 heteroatoms. The average Bonchev–Trinajstić information content (AvgIpc) is 3.48. The molecule has 1 saturated carbocycles. The molecule has 0 aromatic carbocycles. The molecule has 4 fully saturated rings. The quantitative estimate of drug-likeness (QED) is 0.515.